The van der Waals surface area contributed by atoms with Crippen LogP contribution in [0.25, 0.3) is 0 Å². The number of aliphatic hydroxyl groups is 7. The van der Waals surface area contributed by atoms with Gasteiger partial charge in [-0.3, -0.25) is 4.79 Å². The first kappa shape index (κ1) is 33.4. The van der Waals surface area contributed by atoms with Gasteiger partial charge in [0.2, 0.25) is 5.91 Å². The number of aliphatic hydroxyl groups excluding tert-OH is 7. The van der Waals surface area contributed by atoms with Crippen LogP contribution in [0, 0.1) is 5.92 Å². The van der Waals surface area contributed by atoms with Crippen LogP contribution in [0.1, 0.15) is 25.7 Å². The molecule has 14 atom stereocenters. The van der Waals surface area contributed by atoms with Crippen LogP contribution < -0.4 is 27.8 Å². The Balaban J connectivity index is 1.82. The van der Waals surface area contributed by atoms with Crippen molar-refractivity contribution in [1.29, 1.82) is 0 Å². The summed E-state index contributed by atoms with van der Waals surface area (Å²) < 4.78 is 17.7. The number of rotatable bonds is 12. The van der Waals surface area contributed by atoms with Crippen LogP contribution in [0.3, 0.4) is 0 Å². The minimum Gasteiger partial charge on any atom is -0.396 e. The van der Waals surface area contributed by atoms with Gasteiger partial charge in [-0.25, -0.2) is 0 Å². The summed E-state index contributed by atoms with van der Waals surface area (Å²) in [6.07, 6.45) is -10.9. The van der Waals surface area contributed by atoms with Gasteiger partial charge in [-0.15, -0.1) is 0 Å². The van der Waals surface area contributed by atoms with Gasteiger partial charge in [0.05, 0.1) is 43.2 Å². The first-order valence-corrected chi connectivity index (χ1v) is 13.8. The predicted octanol–water partition coefficient (Wildman–Crippen LogP) is -6.47. The number of hydrogen-bond donors (Lipinski definition) is 12. The minimum atomic E-state index is -1.52. The third-order valence-electron chi connectivity index (χ3n) is 7.94. The molecule has 3 aliphatic rings. The molecule has 234 valence electrons. The monoisotopic (exact) mass is 581 g/mol. The van der Waals surface area contributed by atoms with Gasteiger partial charge in [-0.05, 0) is 25.8 Å². The number of nitrogens with one attached hydrogen (secondary N) is 2. The van der Waals surface area contributed by atoms with Crippen molar-refractivity contribution in [2.75, 3.05) is 32.8 Å². The molecule has 15 N–H and O–H groups in total. The number of carbonyl (C=O) groups excluding carboxylic acids is 1. The van der Waals surface area contributed by atoms with E-state index in [1.165, 1.54) is 0 Å². The first-order valence-electron chi connectivity index (χ1n) is 13.8. The lowest BCUT2D eigenvalue weighted by atomic mass is 9.72. The topological polar surface area (TPSA) is 288 Å². The maximum absolute atomic E-state index is 12.5. The molecule has 0 radical (unpaired) electrons. The molecule has 40 heavy (non-hydrogen) atoms. The van der Waals surface area contributed by atoms with Crippen LogP contribution in [0.5, 0.6) is 0 Å². The summed E-state index contributed by atoms with van der Waals surface area (Å²) >= 11 is 0. The van der Waals surface area contributed by atoms with E-state index in [2.05, 4.69) is 10.6 Å². The minimum absolute atomic E-state index is 0.0104. The standard InChI is InChI=1S/C24H47N5O11/c25-7-16(35)23(37)29-12-4-10(26)19(21-11(27)5-13(32)17(38-21)8-28-2-1-3-30)20(36)22(12)40-24-15(34)6-14(33)18(9-31)39-24/h10-22,24,28,30-36H,1-9,25-27H2,(H,29,37)/t10-,11+,12+,13-,14-,15+,16-,17+,18+,19?,20-,21-,22-,24+/m0/s1. The van der Waals surface area contributed by atoms with E-state index in [-0.39, 0.29) is 39.0 Å². The Bertz CT molecular complexity index is 787. The van der Waals surface area contributed by atoms with Crippen molar-refractivity contribution < 1.29 is 54.8 Å². The Morgan fingerprint density at radius 1 is 0.975 bits per heavy atom. The largest absolute Gasteiger partial charge is 0.396 e. The van der Waals surface area contributed by atoms with Gasteiger partial charge in [0.25, 0.3) is 0 Å². The highest BCUT2D eigenvalue weighted by Crippen LogP contribution is 2.36. The smallest absolute Gasteiger partial charge is 0.250 e. The van der Waals surface area contributed by atoms with E-state index in [1.54, 1.807) is 0 Å². The van der Waals surface area contributed by atoms with E-state index < -0.39 is 97.8 Å². The molecule has 16 nitrogen and oxygen atoms in total. The predicted molar refractivity (Wildman–Crippen MR) is 138 cm³/mol. The highest BCUT2D eigenvalue weighted by molar-refractivity contribution is 5.81. The maximum atomic E-state index is 12.5. The summed E-state index contributed by atoms with van der Waals surface area (Å²) in [5.74, 6) is -1.64. The summed E-state index contributed by atoms with van der Waals surface area (Å²) in [5.41, 5.74) is 18.3. The lowest BCUT2D eigenvalue weighted by Crippen LogP contribution is -2.69. The molecule has 3 fully saturated rings. The fourth-order valence-electron chi connectivity index (χ4n) is 5.71. The molecule has 0 aromatic rings. The van der Waals surface area contributed by atoms with E-state index in [4.69, 9.17) is 36.5 Å². The molecule has 2 saturated heterocycles. The zero-order valence-corrected chi connectivity index (χ0v) is 22.4. The molecule has 3 rings (SSSR count). The van der Waals surface area contributed by atoms with E-state index in [1.807, 2.05) is 0 Å². The van der Waals surface area contributed by atoms with Crippen molar-refractivity contribution >= 4 is 5.91 Å². The third kappa shape index (κ3) is 8.05. The summed E-state index contributed by atoms with van der Waals surface area (Å²) in [6.45, 7) is -0.104. The Morgan fingerprint density at radius 3 is 2.33 bits per heavy atom. The summed E-state index contributed by atoms with van der Waals surface area (Å²) in [6, 6.07) is -2.43. The van der Waals surface area contributed by atoms with E-state index in [0.29, 0.717) is 13.0 Å². The van der Waals surface area contributed by atoms with Crippen molar-refractivity contribution in [3.8, 4) is 0 Å². The number of amides is 1. The van der Waals surface area contributed by atoms with Crippen molar-refractivity contribution in [2.24, 2.45) is 23.1 Å². The Labute approximate surface area is 232 Å². The van der Waals surface area contributed by atoms with Crippen molar-refractivity contribution in [3.63, 3.8) is 0 Å². The summed E-state index contributed by atoms with van der Waals surface area (Å²) in [7, 11) is 0. The Morgan fingerprint density at radius 2 is 1.68 bits per heavy atom. The number of nitrogens with two attached hydrogens (primary N) is 3. The average molecular weight is 582 g/mol. The highest BCUT2D eigenvalue weighted by Gasteiger charge is 2.53. The number of carbonyl (C=O) groups is 1. The van der Waals surface area contributed by atoms with Crippen LogP contribution >= 0.6 is 0 Å². The Kier molecular flexibility index (Phi) is 12.9. The van der Waals surface area contributed by atoms with Crippen LogP contribution in [-0.4, -0.2) is 154 Å². The SMILES string of the molecule is NC[C@H](O)C(=O)N[C@@H]1C[C@H](N)C([C@H]2O[C@H](CNCCCO)[C@@H](O)C[C@H]2N)[C@H](O)[C@H]1O[C@H]1O[C@H](CO)[C@@H](O)C[C@H]1O. The van der Waals surface area contributed by atoms with Gasteiger partial charge in [0.15, 0.2) is 6.29 Å². The summed E-state index contributed by atoms with van der Waals surface area (Å²) in [5, 5.41) is 76.9. The van der Waals surface area contributed by atoms with Crippen LogP contribution in [0.4, 0.5) is 0 Å². The average Bonchev–Trinajstić information content (AvgIpc) is 2.91. The number of hydrogen-bond acceptors (Lipinski definition) is 15. The van der Waals surface area contributed by atoms with Gasteiger partial charge in [-0.2, -0.15) is 0 Å². The third-order valence-corrected chi connectivity index (χ3v) is 7.94. The summed E-state index contributed by atoms with van der Waals surface area (Å²) in [4.78, 5) is 12.5. The van der Waals surface area contributed by atoms with Crippen LogP contribution in [0.15, 0.2) is 0 Å². The van der Waals surface area contributed by atoms with Gasteiger partial charge < -0.3 is 77.8 Å². The number of ether oxygens (including phenoxy) is 3. The van der Waals surface area contributed by atoms with Crippen molar-refractivity contribution in [2.45, 2.75) is 105 Å². The second-order valence-corrected chi connectivity index (χ2v) is 10.9. The van der Waals surface area contributed by atoms with Gasteiger partial charge >= 0.3 is 0 Å². The zero-order chi connectivity index (χ0) is 29.6. The molecule has 1 saturated carbocycles. The second-order valence-electron chi connectivity index (χ2n) is 10.9. The Hall–Kier alpha value is -1.09. The molecule has 2 heterocycles. The van der Waals surface area contributed by atoms with Gasteiger partial charge in [0, 0.05) is 44.1 Å². The zero-order valence-electron chi connectivity index (χ0n) is 22.4. The molecule has 0 bridgehead atoms. The molecule has 0 spiro atoms. The normalized spacial score (nSPS) is 43.3. The quantitative estimate of drug-likeness (QED) is 0.0954. The van der Waals surface area contributed by atoms with Gasteiger partial charge in [-0.1, -0.05) is 0 Å². The molecule has 1 amide bonds. The lowest BCUT2D eigenvalue weighted by Gasteiger charge is -2.51. The fraction of sp³-hybridized carbons (Fsp3) is 0.958. The van der Waals surface area contributed by atoms with Crippen molar-refractivity contribution in [3.05, 3.63) is 0 Å². The molecular formula is C24H47N5O11. The van der Waals surface area contributed by atoms with Gasteiger partial charge in [0.1, 0.15) is 24.4 Å². The molecular weight excluding hydrogens is 534 g/mol. The molecule has 0 aromatic carbocycles. The molecule has 1 aliphatic carbocycles. The van der Waals surface area contributed by atoms with E-state index >= 15 is 0 Å². The fourth-order valence-corrected chi connectivity index (χ4v) is 5.71. The lowest BCUT2D eigenvalue weighted by molar-refractivity contribution is -0.302. The second kappa shape index (κ2) is 15.4. The van der Waals surface area contributed by atoms with Crippen LogP contribution in [-0.2, 0) is 19.0 Å². The molecule has 2 aliphatic heterocycles. The molecule has 1 unspecified atom stereocenters. The molecule has 16 heteroatoms. The van der Waals surface area contributed by atoms with E-state index in [9.17, 15) is 35.4 Å². The maximum Gasteiger partial charge on any atom is 0.250 e. The van der Waals surface area contributed by atoms with E-state index in [0.717, 1.165) is 0 Å². The highest BCUT2D eigenvalue weighted by atomic mass is 16.7. The first-order chi connectivity index (χ1) is 19.0. The molecule has 0 aromatic heterocycles. The van der Waals surface area contributed by atoms with Crippen molar-refractivity contribution in [1.82, 2.24) is 10.6 Å². The van der Waals surface area contributed by atoms with Crippen LogP contribution in [0.2, 0.25) is 0 Å².